The van der Waals surface area contributed by atoms with Crippen LogP contribution in [0, 0.1) is 0 Å². The van der Waals surface area contributed by atoms with Gasteiger partial charge in [0.1, 0.15) is 11.4 Å². The zero-order valence-electron chi connectivity index (χ0n) is 18.9. The third-order valence-electron chi connectivity index (χ3n) is 4.24. The second-order valence-electron chi connectivity index (χ2n) is 7.97. The van der Waals surface area contributed by atoms with E-state index in [0.717, 1.165) is 0 Å². The van der Waals surface area contributed by atoms with E-state index in [0.29, 0.717) is 50.0 Å². The summed E-state index contributed by atoms with van der Waals surface area (Å²) >= 11 is 0. The van der Waals surface area contributed by atoms with Crippen LogP contribution >= 0.6 is 24.0 Å². The number of hydrogen-bond acceptors (Lipinski definition) is 5. The molecule has 1 aromatic carbocycles. The molecule has 1 heterocycles. The molecule has 0 radical (unpaired) electrons. The van der Waals surface area contributed by atoms with Crippen molar-refractivity contribution in [2.75, 3.05) is 39.8 Å². The van der Waals surface area contributed by atoms with Gasteiger partial charge in [-0.15, -0.1) is 24.0 Å². The molecule has 0 aromatic heterocycles. The molecule has 10 heteroatoms. The number of aliphatic imine (C=N–C) groups is 1. The number of likely N-dealkylation sites (tertiary alicyclic amines) is 1. The summed E-state index contributed by atoms with van der Waals surface area (Å²) in [5.41, 5.74) is 0.0731. The fourth-order valence-corrected chi connectivity index (χ4v) is 2.74. The van der Waals surface area contributed by atoms with E-state index in [1.54, 1.807) is 36.3 Å². The van der Waals surface area contributed by atoms with E-state index in [9.17, 15) is 9.59 Å². The minimum absolute atomic E-state index is 0. The molecule has 174 valence electrons. The molecule has 9 nitrogen and oxygen atoms in total. The normalized spacial score (nSPS) is 14.1. The van der Waals surface area contributed by atoms with Gasteiger partial charge in [-0.3, -0.25) is 9.79 Å². The number of halogens is 1. The van der Waals surface area contributed by atoms with E-state index in [-0.39, 0.29) is 42.0 Å². The summed E-state index contributed by atoms with van der Waals surface area (Å²) < 4.78 is 10.5. The highest BCUT2D eigenvalue weighted by atomic mass is 127. The fourth-order valence-electron chi connectivity index (χ4n) is 2.74. The zero-order chi connectivity index (χ0) is 22.1. The maximum atomic E-state index is 12.2. The SMILES string of the molecule is CCNC(=NCCNC(=O)c1ccc(OC)cc1)NC1CN(C(=O)OC(C)(C)C)C1.I. The van der Waals surface area contributed by atoms with Gasteiger partial charge in [-0.1, -0.05) is 0 Å². The topological polar surface area (TPSA) is 104 Å². The van der Waals surface area contributed by atoms with E-state index >= 15 is 0 Å². The highest BCUT2D eigenvalue weighted by molar-refractivity contribution is 14.0. The Morgan fingerprint density at radius 3 is 2.35 bits per heavy atom. The summed E-state index contributed by atoms with van der Waals surface area (Å²) in [6, 6.07) is 7.05. The van der Waals surface area contributed by atoms with Gasteiger partial charge in [0, 0.05) is 31.7 Å². The molecule has 2 amide bonds. The lowest BCUT2D eigenvalue weighted by molar-refractivity contribution is 0.00700. The molecule has 0 bridgehead atoms. The Morgan fingerprint density at radius 1 is 1.16 bits per heavy atom. The average molecular weight is 547 g/mol. The van der Waals surface area contributed by atoms with Gasteiger partial charge in [0.15, 0.2) is 5.96 Å². The molecular formula is C21H34IN5O4. The minimum atomic E-state index is -0.498. The lowest BCUT2D eigenvalue weighted by atomic mass is 10.1. The van der Waals surface area contributed by atoms with Crippen LogP contribution in [0.2, 0.25) is 0 Å². The van der Waals surface area contributed by atoms with Crippen LogP contribution in [0.25, 0.3) is 0 Å². The van der Waals surface area contributed by atoms with Gasteiger partial charge in [0.2, 0.25) is 0 Å². The first-order valence-corrected chi connectivity index (χ1v) is 10.2. The molecule has 1 aliphatic rings. The smallest absolute Gasteiger partial charge is 0.410 e. The van der Waals surface area contributed by atoms with Crippen LogP contribution in [0.1, 0.15) is 38.1 Å². The molecule has 0 saturated carbocycles. The lowest BCUT2D eigenvalue weighted by Crippen LogP contribution is -2.63. The Bertz CT molecular complexity index is 743. The largest absolute Gasteiger partial charge is 0.497 e. The quantitative estimate of drug-likeness (QED) is 0.209. The lowest BCUT2D eigenvalue weighted by Gasteiger charge is -2.40. The van der Waals surface area contributed by atoms with Crippen LogP contribution in [0.4, 0.5) is 4.79 Å². The molecule has 1 aliphatic heterocycles. The van der Waals surface area contributed by atoms with Crippen molar-refractivity contribution in [3.63, 3.8) is 0 Å². The van der Waals surface area contributed by atoms with Gasteiger partial charge in [0.25, 0.3) is 5.91 Å². The predicted molar refractivity (Wildman–Crippen MR) is 131 cm³/mol. The molecule has 0 unspecified atom stereocenters. The summed E-state index contributed by atoms with van der Waals surface area (Å²) in [5, 5.41) is 9.32. The van der Waals surface area contributed by atoms with Crippen molar-refractivity contribution >= 4 is 41.9 Å². The Labute approximate surface area is 201 Å². The van der Waals surface area contributed by atoms with Crippen LogP contribution in [0.3, 0.4) is 0 Å². The number of benzene rings is 1. The van der Waals surface area contributed by atoms with Crippen LogP contribution in [-0.4, -0.2) is 74.3 Å². The molecule has 0 aliphatic carbocycles. The van der Waals surface area contributed by atoms with Gasteiger partial charge in [0.05, 0.1) is 19.7 Å². The number of hydrogen-bond donors (Lipinski definition) is 3. The Morgan fingerprint density at radius 2 is 1.81 bits per heavy atom. The highest BCUT2D eigenvalue weighted by Gasteiger charge is 2.34. The third kappa shape index (κ3) is 9.19. The summed E-state index contributed by atoms with van der Waals surface area (Å²) in [4.78, 5) is 30.3. The maximum absolute atomic E-state index is 12.2. The number of carbonyl (C=O) groups excluding carboxylic acids is 2. The number of nitrogens with one attached hydrogen (secondary N) is 3. The van der Waals surface area contributed by atoms with E-state index in [1.807, 2.05) is 27.7 Å². The minimum Gasteiger partial charge on any atom is -0.497 e. The second-order valence-corrected chi connectivity index (χ2v) is 7.97. The molecule has 1 fully saturated rings. The van der Waals surface area contributed by atoms with Crippen molar-refractivity contribution in [1.82, 2.24) is 20.9 Å². The van der Waals surface area contributed by atoms with Gasteiger partial charge >= 0.3 is 6.09 Å². The van der Waals surface area contributed by atoms with Gasteiger partial charge < -0.3 is 30.3 Å². The number of rotatable bonds is 7. The number of methoxy groups -OCH3 is 1. The Hall–Kier alpha value is -2.24. The molecule has 2 rings (SSSR count). The number of nitrogens with zero attached hydrogens (tertiary/aromatic N) is 2. The molecule has 1 saturated heterocycles. The van der Waals surface area contributed by atoms with Gasteiger partial charge in [-0.2, -0.15) is 0 Å². The van der Waals surface area contributed by atoms with Crippen LogP contribution < -0.4 is 20.7 Å². The molecule has 0 atom stereocenters. The summed E-state index contributed by atoms with van der Waals surface area (Å²) in [6.45, 7) is 10.2. The molecule has 0 spiro atoms. The van der Waals surface area contributed by atoms with Crippen molar-refractivity contribution in [2.45, 2.75) is 39.3 Å². The van der Waals surface area contributed by atoms with E-state index in [4.69, 9.17) is 9.47 Å². The maximum Gasteiger partial charge on any atom is 0.410 e. The van der Waals surface area contributed by atoms with E-state index in [1.165, 1.54) is 0 Å². The fraction of sp³-hybridized carbons (Fsp3) is 0.571. The summed E-state index contributed by atoms with van der Waals surface area (Å²) in [7, 11) is 1.59. The number of carbonyl (C=O) groups is 2. The number of amides is 2. The molecule has 3 N–H and O–H groups in total. The van der Waals surface area contributed by atoms with Crippen molar-refractivity contribution in [3.8, 4) is 5.75 Å². The second kappa shape index (κ2) is 12.6. The summed E-state index contributed by atoms with van der Waals surface area (Å²) in [5.74, 6) is 1.21. The molecule has 31 heavy (non-hydrogen) atoms. The van der Waals surface area contributed by atoms with Gasteiger partial charge in [-0.05, 0) is 52.0 Å². The first kappa shape index (κ1) is 26.8. The molecular weight excluding hydrogens is 513 g/mol. The van der Waals surface area contributed by atoms with Gasteiger partial charge in [-0.25, -0.2) is 4.79 Å². The summed E-state index contributed by atoms with van der Waals surface area (Å²) in [6.07, 6.45) is -0.302. The van der Waals surface area contributed by atoms with Crippen molar-refractivity contribution in [2.24, 2.45) is 4.99 Å². The third-order valence-corrected chi connectivity index (χ3v) is 4.24. The average Bonchev–Trinajstić information content (AvgIpc) is 2.65. The van der Waals surface area contributed by atoms with E-state index in [2.05, 4.69) is 20.9 Å². The first-order valence-electron chi connectivity index (χ1n) is 10.2. The van der Waals surface area contributed by atoms with Crippen molar-refractivity contribution in [1.29, 1.82) is 0 Å². The first-order chi connectivity index (χ1) is 14.2. The van der Waals surface area contributed by atoms with Crippen LogP contribution in [0.5, 0.6) is 5.75 Å². The van der Waals surface area contributed by atoms with Crippen molar-refractivity contribution in [3.05, 3.63) is 29.8 Å². The van der Waals surface area contributed by atoms with Crippen LogP contribution in [-0.2, 0) is 4.74 Å². The Kier molecular flexibility index (Phi) is 10.9. The highest BCUT2D eigenvalue weighted by Crippen LogP contribution is 2.15. The number of guanidine groups is 1. The monoisotopic (exact) mass is 547 g/mol. The van der Waals surface area contributed by atoms with Crippen LogP contribution in [0.15, 0.2) is 29.3 Å². The number of ether oxygens (including phenoxy) is 2. The predicted octanol–water partition coefficient (Wildman–Crippen LogP) is 2.22. The standard InChI is InChI=1S/C21H33N5O4.HI/c1-6-22-19(25-16-13-26(14-16)20(28)30-21(2,3)4)24-12-11-23-18(27)15-7-9-17(29-5)10-8-15;/h7-10,16H,6,11-14H2,1-5H3,(H,23,27)(H2,22,24,25);1H. The van der Waals surface area contributed by atoms with Crippen molar-refractivity contribution < 1.29 is 19.1 Å². The molecule has 1 aromatic rings. The van der Waals surface area contributed by atoms with E-state index < -0.39 is 5.60 Å². The Balaban J connectivity index is 0.00000480. The zero-order valence-corrected chi connectivity index (χ0v) is 21.2.